The van der Waals surface area contributed by atoms with Crippen LogP contribution in [0.5, 0.6) is 17.4 Å². The zero-order chi connectivity index (χ0) is 23.2. The van der Waals surface area contributed by atoms with Crippen molar-refractivity contribution < 1.29 is 14.3 Å². The number of hydrogen-bond donors (Lipinski definition) is 1. The Balaban J connectivity index is 1.48. The molecule has 0 bridgehead atoms. The lowest BCUT2D eigenvalue weighted by Crippen LogP contribution is -2.41. The molecule has 1 fully saturated rings. The molecule has 0 radical (unpaired) electrons. The van der Waals surface area contributed by atoms with E-state index in [9.17, 15) is 4.79 Å². The lowest BCUT2D eigenvalue weighted by Gasteiger charge is -2.31. The third kappa shape index (κ3) is 5.10. The highest BCUT2D eigenvalue weighted by Gasteiger charge is 2.24. The van der Waals surface area contributed by atoms with Crippen LogP contribution in [0.25, 0.3) is 11.1 Å². The van der Waals surface area contributed by atoms with E-state index in [0.29, 0.717) is 60.3 Å². The minimum Gasteiger partial charge on any atom is -0.474 e. The molecule has 0 saturated carbocycles. The van der Waals surface area contributed by atoms with Gasteiger partial charge in [0.15, 0.2) is 0 Å². The Labute approximate surface area is 191 Å². The van der Waals surface area contributed by atoms with E-state index in [4.69, 9.17) is 20.5 Å². The minimum atomic E-state index is -0.0779. The van der Waals surface area contributed by atoms with Gasteiger partial charge in [-0.15, -0.1) is 0 Å². The van der Waals surface area contributed by atoms with Crippen molar-refractivity contribution in [1.29, 1.82) is 5.26 Å². The number of carbonyl (C=O) groups excluding carboxylic acids is 1. The number of aromatic nitrogens is 2. The molecule has 4 rings (SSSR count). The molecule has 1 aromatic heterocycles. The quantitative estimate of drug-likeness (QED) is 0.576. The molecule has 2 N–H and O–H groups in total. The monoisotopic (exact) mass is 441 g/mol. The van der Waals surface area contributed by atoms with Gasteiger partial charge in [-0.25, -0.2) is 9.97 Å². The van der Waals surface area contributed by atoms with E-state index in [1.807, 2.05) is 24.3 Å². The molecule has 1 amide bonds. The summed E-state index contributed by atoms with van der Waals surface area (Å²) in [4.78, 5) is 22.0. The van der Waals surface area contributed by atoms with Crippen LogP contribution in [0, 0.1) is 11.3 Å². The summed E-state index contributed by atoms with van der Waals surface area (Å²) in [7, 11) is 0. The van der Waals surface area contributed by atoms with Crippen molar-refractivity contribution >= 4 is 11.7 Å². The highest BCUT2D eigenvalue weighted by Crippen LogP contribution is 2.35. The predicted molar refractivity (Wildman–Crippen MR) is 124 cm³/mol. The van der Waals surface area contributed by atoms with Gasteiger partial charge in [-0.05, 0) is 48.0 Å². The average Bonchev–Trinajstić information content (AvgIpc) is 2.85. The van der Waals surface area contributed by atoms with E-state index < -0.39 is 0 Å². The number of nitrogen functional groups attached to an aromatic ring is 1. The Hall–Kier alpha value is -4.38. The van der Waals surface area contributed by atoms with Crippen LogP contribution in [-0.2, 0) is 4.79 Å². The first kappa shape index (κ1) is 21.8. The molecule has 0 atom stereocenters. The number of anilines is 1. The average molecular weight is 441 g/mol. The van der Waals surface area contributed by atoms with Gasteiger partial charge < -0.3 is 20.1 Å². The van der Waals surface area contributed by atoms with Crippen molar-refractivity contribution in [2.45, 2.75) is 18.9 Å². The van der Waals surface area contributed by atoms with Crippen LogP contribution in [0.4, 0.5) is 5.82 Å². The summed E-state index contributed by atoms with van der Waals surface area (Å²) < 4.78 is 12.0. The number of rotatable bonds is 6. The Bertz CT molecular complexity index is 1180. The van der Waals surface area contributed by atoms with Gasteiger partial charge in [-0.1, -0.05) is 18.7 Å². The SMILES string of the molecule is C=CC(=O)N1CCC(Oc2ncnc(N)c2-c2ccc(Oc3ccc(C#N)cc3)cc2)CC1. The molecule has 1 aliphatic rings. The Morgan fingerprint density at radius 2 is 1.73 bits per heavy atom. The number of nitrogens with two attached hydrogens (primary N) is 1. The number of ether oxygens (including phenoxy) is 2. The van der Waals surface area contributed by atoms with Crippen molar-refractivity contribution in [1.82, 2.24) is 14.9 Å². The van der Waals surface area contributed by atoms with Gasteiger partial charge in [0.2, 0.25) is 11.8 Å². The molecule has 166 valence electrons. The first-order chi connectivity index (χ1) is 16.1. The molecular weight excluding hydrogens is 418 g/mol. The van der Waals surface area contributed by atoms with Gasteiger partial charge >= 0.3 is 0 Å². The maximum absolute atomic E-state index is 11.8. The summed E-state index contributed by atoms with van der Waals surface area (Å²) in [6.45, 7) is 4.75. The minimum absolute atomic E-state index is 0.0660. The van der Waals surface area contributed by atoms with Crippen LogP contribution >= 0.6 is 0 Å². The fourth-order valence-electron chi connectivity index (χ4n) is 3.65. The molecule has 0 unspecified atom stereocenters. The molecule has 33 heavy (non-hydrogen) atoms. The molecule has 1 aliphatic heterocycles. The fourth-order valence-corrected chi connectivity index (χ4v) is 3.65. The molecule has 2 aromatic carbocycles. The zero-order valence-corrected chi connectivity index (χ0v) is 18.0. The summed E-state index contributed by atoms with van der Waals surface area (Å²) in [5.41, 5.74) is 8.16. The molecule has 8 nitrogen and oxygen atoms in total. The molecule has 8 heteroatoms. The van der Waals surface area contributed by atoms with Gasteiger partial charge in [0.05, 0.1) is 17.2 Å². The van der Waals surface area contributed by atoms with Crippen molar-refractivity contribution in [3.05, 3.63) is 73.1 Å². The Morgan fingerprint density at radius 3 is 2.33 bits per heavy atom. The number of amides is 1. The summed E-state index contributed by atoms with van der Waals surface area (Å²) in [5.74, 6) is 1.94. The molecule has 2 heterocycles. The topological polar surface area (TPSA) is 114 Å². The van der Waals surface area contributed by atoms with Crippen LogP contribution in [0.2, 0.25) is 0 Å². The van der Waals surface area contributed by atoms with Gasteiger partial charge in [-0.3, -0.25) is 4.79 Å². The number of nitrogens with zero attached hydrogens (tertiary/aromatic N) is 4. The number of likely N-dealkylation sites (tertiary alicyclic amines) is 1. The van der Waals surface area contributed by atoms with E-state index in [-0.39, 0.29) is 12.0 Å². The van der Waals surface area contributed by atoms with E-state index in [1.54, 1.807) is 29.2 Å². The van der Waals surface area contributed by atoms with Crippen LogP contribution in [0.15, 0.2) is 67.5 Å². The lowest BCUT2D eigenvalue weighted by atomic mass is 10.1. The van der Waals surface area contributed by atoms with E-state index in [2.05, 4.69) is 22.6 Å². The maximum Gasteiger partial charge on any atom is 0.245 e. The molecule has 3 aromatic rings. The second kappa shape index (κ2) is 9.83. The van der Waals surface area contributed by atoms with Gasteiger partial charge in [0.25, 0.3) is 0 Å². The zero-order valence-electron chi connectivity index (χ0n) is 18.0. The summed E-state index contributed by atoms with van der Waals surface area (Å²) in [5, 5.41) is 8.91. The second-order valence-corrected chi connectivity index (χ2v) is 7.55. The predicted octanol–water partition coefficient (Wildman–Crippen LogP) is 3.95. The normalized spacial score (nSPS) is 13.7. The fraction of sp³-hybridized carbons (Fsp3) is 0.200. The Morgan fingerprint density at radius 1 is 1.09 bits per heavy atom. The van der Waals surface area contributed by atoms with Gasteiger partial charge in [0, 0.05) is 25.9 Å². The van der Waals surface area contributed by atoms with E-state index in [1.165, 1.54) is 12.4 Å². The first-order valence-corrected chi connectivity index (χ1v) is 10.5. The summed E-state index contributed by atoms with van der Waals surface area (Å²) in [6, 6.07) is 16.4. The number of carbonyl (C=O) groups is 1. The van der Waals surface area contributed by atoms with E-state index in [0.717, 1.165) is 5.56 Å². The lowest BCUT2D eigenvalue weighted by molar-refractivity contribution is -0.127. The van der Waals surface area contributed by atoms with Crippen molar-refractivity contribution in [2.24, 2.45) is 0 Å². The summed E-state index contributed by atoms with van der Waals surface area (Å²) >= 11 is 0. The van der Waals surface area contributed by atoms with Crippen molar-refractivity contribution in [3.63, 3.8) is 0 Å². The molecular formula is C25H23N5O3. The Kier molecular flexibility index (Phi) is 6.51. The summed E-state index contributed by atoms with van der Waals surface area (Å²) in [6.07, 6.45) is 4.03. The first-order valence-electron chi connectivity index (χ1n) is 10.5. The van der Waals surface area contributed by atoms with Gasteiger partial charge in [0.1, 0.15) is 29.7 Å². The highest BCUT2D eigenvalue weighted by molar-refractivity contribution is 5.87. The molecule has 1 saturated heterocycles. The standard InChI is InChI=1S/C25H23N5O3/c1-2-22(31)30-13-11-21(12-14-30)33-25-23(24(27)28-16-29-25)18-5-9-20(10-6-18)32-19-7-3-17(15-26)4-8-19/h2-10,16,21H,1,11-14H2,(H2,27,28,29). The van der Waals surface area contributed by atoms with E-state index >= 15 is 0 Å². The van der Waals surface area contributed by atoms with Crippen LogP contribution < -0.4 is 15.2 Å². The van der Waals surface area contributed by atoms with Crippen LogP contribution in [0.3, 0.4) is 0 Å². The smallest absolute Gasteiger partial charge is 0.245 e. The second-order valence-electron chi connectivity index (χ2n) is 7.55. The third-order valence-electron chi connectivity index (χ3n) is 5.41. The third-order valence-corrected chi connectivity index (χ3v) is 5.41. The van der Waals surface area contributed by atoms with Crippen LogP contribution in [-0.4, -0.2) is 40.0 Å². The number of piperidine rings is 1. The van der Waals surface area contributed by atoms with Crippen molar-refractivity contribution in [2.75, 3.05) is 18.8 Å². The maximum atomic E-state index is 11.8. The largest absolute Gasteiger partial charge is 0.474 e. The van der Waals surface area contributed by atoms with Gasteiger partial charge in [-0.2, -0.15) is 5.26 Å². The molecule has 0 spiro atoms. The van der Waals surface area contributed by atoms with Crippen molar-refractivity contribution in [3.8, 4) is 34.6 Å². The molecule has 0 aliphatic carbocycles. The number of hydrogen-bond acceptors (Lipinski definition) is 7. The highest BCUT2D eigenvalue weighted by atomic mass is 16.5. The number of nitriles is 1. The number of benzene rings is 2. The van der Waals surface area contributed by atoms with Crippen LogP contribution in [0.1, 0.15) is 18.4 Å².